The molecule has 17 heavy (non-hydrogen) atoms. The maximum absolute atomic E-state index is 12.0. The molecule has 1 amide bonds. The van der Waals surface area contributed by atoms with Crippen molar-refractivity contribution in [3.8, 4) is 0 Å². The molecule has 1 saturated carbocycles. The smallest absolute Gasteiger partial charge is 0.223 e. The van der Waals surface area contributed by atoms with Crippen LogP contribution in [-0.4, -0.2) is 35.2 Å². The number of hydrogen-bond donors (Lipinski definition) is 2. The lowest BCUT2D eigenvalue weighted by Crippen LogP contribution is -2.44. The Hall–Kier alpha value is -0.220. The molecule has 0 bridgehead atoms. The van der Waals surface area contributed by atoms with Gasteiger partial charge in [0.2, 0.25) is 5.91 Å². The zero-order chi connectivity index (χ0) is 12.7. The number of aliphatic hydroxyl groups is 1. The lowest BCUT2D eigenvalue weighted by molar-refractivity contribution is -0.126. The summed E-state index contributed by atoms with van der Waals surface area (Å²) >= 11 is 1.60. The van der Waals surface area contributed by atoms with E-state index in [2.05, 4.69) is 5.32 Å². The van der Waals surface area contributed by atoms with Crippen LogP contribution in [0.4, 0.5) is 0 Å². The predicted molar refractivity (Wildman–Crippen MR) is 73.2 cm³/mol. The Balaban J connectivity index is 2.32. The van der Waals surface area contributed by atoms with Crippen molar-refractivity contribution in [1.82, 2.24) is 5.32 Å². The second-order valence-corrected chi connectivity index (χ2v) is 6.20. The number of hydrogen-bond acceptors (Lipinski definition) is 3. The Morgan fingerprint density at radius 3 is 2.47 bits per heavy atom. The van der Waals surface area contributed by atoms with Crippen molar-refractivity contribution in [3.05, 3.63) is 0 Å². The highest BCUT2D eigenvalue weighted by molar-refractivity contribution is 7.98. The number of amides is 1. The van der Waals surface area contributed by atoms with Crippen molar-refractivity contribution in [3.63, 3.8) is 0 Å². The van der Waals surface area contributed by atoms with Gasteiger partial charge in [-0.15, -0.1) is 0 Å². The van der Waals surface area contributed by atoms with Crippen molar-refractivity contribution >= 4 is 17.7 Å². The van der Waals surface area contributed by atoms with Crippen LogP contribution in [0, 0.1) is 5.92 Å². The minimum absolute atomic E-state index is 0.133. The highest BCUT2D eigenvalue weighted by Gasteiger charge is 2.24. The molecule has 2 N–H and O–H groups in total. The first-order valence-electron chi connectivity index (χ1n) is 6.54. The van der Waals surface area contributed by atoms with Gasteiger partial charge in [-0.05, 0) is 26.0 Å². The summed E-state index contributed by atoms with van der Waals surface area (Å²) in [4.78, 5) is 12.0. The predicted octanol–water partition coefficient (Wildman–Crippen LogP) is 2.19. The third-order valence-corrected chi connectivity index (χ3v) is 4.24. The number of rotatable bonds is 5. The average Bonchev–Trinajstić information content (AvgIpc) is 2.54. The molecular formula is C13H25NO2S. The number of nitrogens with one attached hydrogen (secondary N) is 1. The third-order valence-electron chi connectivity index (χ3n) is 3.32. The summed E-state index contributed by atoms with van der Waals surface area (Å²) < 4.78 is 0. The topological polar surface area (TPSA) is 49.3 Å². The van der Waals surface area contributed by atoms with E-state index in [-0.39, 0.29) is 11.8 Å². The third kappa shape index (κ3) is 5.77. The fourth-order valence-corrected chi connectivity index (χ4v) is 3.05. The minimum atomic E-state index is -0.792. The van der Waals surface area contributed by atoms with Crippen LogP contribution < -0.4 is 5.32 Å². The standard InChI is InChI=1S/C13H25NO2S/c1-13(16,10-17-2)9-14-12(15)11-7-5-3-4-6-8-11/h11,16H,3-10H2,1-2H3,(H,14,15). The molecule has 0 aromatic rings. The van der Waals surface area contributed by atoms with E-state index in [1.807, 2.05) is 6.26 Å². The first kappa shape index (κ1) is 14.8. The van der Waals surface area contributed by atoms with Crippen LogP contribution in [0.5, 0.6) is 0 Å². The quantitative estimate of drug-likeness (QED) is 0.744. The van der Waals surface area contributed by atoms with Gasteiger partial charge in [-0.2, -0.15) is 11.8 Å². The normalized spacial score (nSPS) is 21.6. The summed E-state index contributed by atoms with van der Waals surface area (Å²) in [7, 11) is 0. The van der Waals surface area contributed by atoms with Crippen LogP contribution in [0.1, 0.15) is 45.4 Å². The van der Waals surface area contributed by atoms with E-state index in [1.165, 1.54) is 25.7 Å². The summed E-state index contributed by atoms with van der Waals surface area (Å²) in [5.74, 6) is 0.952. The summed E-state index contributed by atoms with van der Waals surface area (Å²) in [5.41, 5.74) is -0.792. The Morgan fingerprint density at radius 1 is 1.35 bits per heavy atom. The SMILES string of the molecule is CSCC(C)(O)CNC(=O)C1CCCCCC1. The molecule has 1 atom stereocenters. The summed E-state index contributed by atoms with van der Waals surface area (Å²) in [6, 6.07) is 0. The van der Waals surface area contributed by atoms with E-state index in [1.54, 1.807) is 18.7 Å². The molecule has 0 aromatic carbocycles. The van der Waals surface area contributed by atoms with Gasteiger partial charge in [0.05, 0.1) is 5.60 Å². The minimum Gasteiger partial charge on any atom is -0.387 e. The summed E-state index contributed by atoms with van der Waals surface area (Å²) in [6.07, 6.45) is 8.83. The molecule has 0 radical (unpaired) electrons. The highest BCUT2D eigenvalue weighted by Crippen LogP contribution is 2.23. The van der Waals surface area contributed by atoms with Gasteiger partial charge in [-0.3, -0.25) is 4.79 Å². The molecular weight excluding hydrogens is 234 g/mol. The van der Waals surface area contributed by atoms with Gasteiger partial charge >= 0.3 is 0 Å². The molecule has 100 valence electrons. The highest BCUT2D eigenvalue weighted by atomic mass is 32.2. The van der Waals surface area contributed by atoms with Crippen molar-refractivity contribution in [2.45, 2.75) is 51.0 Å². The number of carbonyl (C=O) groups is 1. The zero-order valence-electron chi connectivity index (χ0n) is 11.0. The first-order chi connectivity index (χ1) is 8.05. The van der Waals surface area contributed by atoms with E-state index in [9.17, 15) is 9.90 Å². The molecule has 0 aromatic heterocycles. The van der Waals surface area contributed by atoms with Crippen molar-refractivity contribution < 1.29 is 9.90 Å². The van der Waals surface area contributed by atoms with E-state index >= 15 is 0 Å². The number of thioether (sulfide) groups is 1. The van der Waals surface area contributed by atoms with Gasteiger partial charge in [0.1, 0.15) is 0 Å². The van der Waals surface area contributed by atoms with Crippen molar-refractivity contribution in [1.29, 1.82) is 0 Å². The molecule has 0 saturated heterocycles. The number of carbonyl (C=O) groups excluding carboxylic acids is 1. The van der Waals surface area contributed by atoms with Crippen LogP contribution in [0.3, 0.4) is 0 Å². The summed E-state index contributed by atoms with van der Waals surface area (Å²) in [5, 5.41) is 12.9. The lowest BCUT2D eigenvalue weighted by Gasteiger charge is -2.24. The molecule has 4 heteroatoms. The Morgan fingerprint density at radius 2 is 1.94 bits per heavy atom. The Kier molecular flexibility index (Phi) is 6.34. The molecule has 1 aliphatic rings. The molecule has 0 heterocycles. The van der Waals surface area contributed by atoms with Crippen molar-refractivity contribution in [2.75, 3.05) is 18.6 Å². The Labute approximate surface area is 109 Å². The molecule has 1 aliphatic carbocycles. The maximum atomic E-state index is 12.0. The fraction of sp³-hybridized carbons (Fsp3) is 0.923. The molecule has 1 rings (SSSR count). The fourth-order valence-electron chi connectivity index (χ4n) is 2.33. The second-order valence-electron chi connectivity index (χ2n) is 5.34. The van der Waals surface area contributed by atoms with E-state index in [4.69, 9.17) is 0 Å². The van der Waals surface area contributed by atoms with E-state index < -0.39 is 5.60 Å². The monoisotopic (exact) mass is 259 g/mol. The van der Waals surface area contributed by atoms with Gasteiger partial charge in [-0.1, -0.05) is 25.7 Å². The largest absolute Gasteiger partial charge is 0.387 e. The maximum Gasteiger partial charge on any atom is 0.223 e. The van der Waals surface area contributed by atoms with Crippen LogP contribution in [0.2, 0.25) is 0 Å². The van der Waals surface area contributed by atoms with Crippen LogP contribution in [0.25, 0.3) is 0 Å². The van der Waals surface area contributed by atoms with Crippen molar-refractivity contribution in [2.24, 2.45) is 5.92 Å². The van der Waals surface area contributed by atoms with Crippen LogP contribution in [0.15, 0.2) is 0 Å². The average molecular weight is 259 g/mol. The van der Waals surface area contributed by atoms with Gasteiger partial charge in [0.25, 0.3) is 0 Å². The molecule has 3 nitrogen and oxygen atoms in total. The van der Waals surface area contributed by atoms with Gasteiger partial charge < -0.3 is 10.4 Å². The summed E-state index contributed by atoms with van der Waals surface area (Å²) in [6.45, 7) is 2.14. The zero-order valence-corrected chi connectivity index (χ0v) is 11.8. The van der Waals surface area contributed by atoms with Gasteiger partial charge in [0.15, 0.2) is 0 Å². The van der Waals surface area contributed by atoms with Gasteiger partial charge in [0, 0.05) is 18.2 Å². The first-order valence-corrected chi connectivity index (χ1v) is 7.93. The molecule has 0 spiro atoms. The Bertz CT molecular complexity index is 236. The van der Waals surface area contributed by atoms with Crippen LogP contribution in [-0.2, 0) is 4.79 Å². The van der Waals surface area contributed by atoms with E-state index in [0.29, 0.717) is 12.3 Å². The lowest BCUT2D eigenvalue weighted by atomic mass is 9.99. The molecule has 1 unspecified atom stereocenters. The molecule has 1 fully saturated rings. The van der Waals surface area contributed by atoms with E-state index in [0.717, 1.165) is 12.8 Å². The second kappa shape index (κ2) is 7.27. The molecule has 0 aliphatic heterocycles. The van der Waals surface area contributed by atoms with Crippen LogP contribution >= 0.6 is 11.8 Å². The van der Waals surface area contributed by atoms with Gasteiger partial charge in [-0.25, -0.2) is 0 Å².